The number of carbonyl (C=O) groups is 2. The van der Waals surface area contributed by atoms with Crippen LogP contribution in [0.25, 0.3) is 0 Å². The molecule has 7 heteroatoms. The molecule has 0 saturated carbocycles. The molecule has 6 nitrogen and oxygen atoms in total. The smallest absolute Gasteiger partial charge is 0.336 e. The molecule has 0 aliphatic carbocycles. The fourth-order valence-electron chi connectivity index (χ4n) is 3.34. The third kappa shape index (κ3) is 4.94. The van der Waals surface area contributed by atoms with Gasteiger partial charge >= 0.3 is 11.9 Å². The molecule has 1 aliphatic heterocycles. The van der Waals surface area contributed by atoms with Gasteiger partial charge in [-0.3, -0.25) is 0 Å². The lowest BCUT2D eigenvalue weighted by Crippen LogP contribution is -2.29. The second-order valence-electron chi connectivity index (χ2n) is 6.70. The van der Waals surface area contributed by atoms with Crippen molar-refractivity contribution in [3.05, 3.63) is 83.5 Å². The molecule has 0 amide bonds. The molecule has 2 aromatic carbocycles. The lowest BCUT2D eigenvalue weighted by atomic mass is 9.83. The van der Waals surface area contributed by atoms with Crippen LogP contribution in [0.2, 0.25) is 0 Å². The van der Waals surface area contributed by atoms with Crippen LogP contribution in [0.15, 0.2) is 72.1 Å². The van der Waals surface area contributed by atoms with Gasteiger partial charge in [-0.15, -0.1) is 0 Å². The molecule has 0 fully saturated rings. The van der Waals surface area contributed by atoms with E-state index >= 15 is 0 Å². The Kier molecular flexibility index (Phi) is 7.07. The van der Waals surface area contributed by atoms with Crippen LogP contribution in [0, 0.1) is 5.82 Å². The van der Waals surface area contributed by atoms with Crippen LogP contribution in [0.4, 0.5) is 10.1 Å². The summed E-state index contributed by atoms with van der Waals surface area (Å²) in [6, 6.07) is 12.8. The maximum atomic E-state index is 13.5. The number of methoxy groups -OCH3 is 1. The molecule has 0 aromatic heterocycles. The fourth-order valence-corrected chi connectivity index (χ4v) is 3.34. The molecule has 31 heavy (non-hydrogen) atoms. The van der Waals surface area contributed by atoms with E-state index in [2.05, 4.69) is 0 Å². The molecule has 0 radical (unpaired) electrons. The Hall–Kier alpha value is -3.61. The maximum absolute atomic E-state index is 13.5. The predicted octanol–water partition coefficient (Wildman–Crippen LogP) is 4.33. The van der Waals surface area contributed by atoms with Gasteiger partial charge in [0, 0.05) is 18.1 Å². The average molecular weight is 425 g/mol. The topological polar surface area (TPSA) is 65.1 Å². The molecule has 0 N–H and O–H groups in total. The van der Waals surface area contributed by atoms with E-state index in [0.717, 1.165) is 0 Å². The summed E-state index contributed by atoms with van der Waals surface area (Å²) in [7, 11) is 1.57. The van der Waals surface area contributed by atoms with E-state index < -0.39 is 23.7 Å². The molecule has 1 aliphatic rings. The highest BCUT2D eigenvalue weighted by atomic mass is 19.1. The lowest BCUT2D eigenvalue weighted by Gasteiger charge is -2.30. The predicted molar refractivity (Wildman–Crippen MR) is 114 cm³/mol. The molecule has 1 heterocycles. The Bertz CT molecular complexity index is 960. The van der Waals surface area contributed by atoms with Crippen LogP contribution in [-0.2, 0) is 19.1 Å². The standard InChI is InChI=1S/C24H24FNO5/c1-4-30-23(27)20-14-26(18-10-12-19(29-3)13-11-18)15-21(24(28)31-5-2)22(20)16-6-8-17(25)9-7-16/h6-15,22H,4-5H2,1-3H3. The van der Waals surface area contributed by atoms with Crippen LogP contribution in [0.5, 0.6) is 5.75 Å². The lowest BCUT2D eigenvalue weighted by molar-refractivity contribution is -0.139. The number of ether oxygens (including phenoxy) is 3. The molecular formula is C24H24FNO5. The zero-order valence-corrected chi connectivity index (χ0v) is 17.6. The first-order chi connectivity index (χ1) is 15.0. The SMILES string of the molecule is CCOC(=O)C1=CN(c2ccc(OC)cc2)C=C(C(=O)OCC)C1c1ccc(F)cc1. The highest BCUT2D eigenvalue weighted by Crippen LogP contribution is 2.38. The summed E-state index contributed by atoms with van der Waals surface area (Å²) < 4.78 is 29.2. The largest absolute Gasteiger partial charge is 0.497 e. The molecule has 0 saturated heterocycles. The molecule has 0 bridgehead atoms. The number of anilines is 1. The number of esters is 2. The van der Waals surface area contributed by atoms with Gasteiger partial charge in [-0.1, -0.05) is 12.1 Å². The zero-order valence-electron chi connectivity index (χ0n) is 17.6. The van der Waals surface area contributed by atoms with Crippen molar-refractivity contribution in [2.24, 2.45) is 0 Å². The quantitative estimate of drug-likeness (QED) is 0.615. The molecule has 3 rings (SSSR count). The van der Waals surface area contributed by atoms with Gasteiger partial charge < -0.3 is 19.1 Å². The first-order valence-corrected chi connectivity index (χ1v) is 9.94. The Labute approximate surface area is 180 Å². The molecule has 2 aromatic rings. The van der Waals surface area contributed by atoms with E-state index in [1.54, 1.807) is 74.7 Å². The van der Waals surface area contributed by atoms with Crippen molar-refractivity contribution in [1.82, 2.24) is 0 Å². The monoisotopic (exact) mass is 425 g/mol. The summed E-state index contributed by atoms with van der Waals surface area (Å²) in [6.45, 7) is 3.76. The zero-order chi connectivity index (χ0) is 22.4. The number of hydrogen-bond donors (Lipinski definition) is 0. The van der Waals surface area contributed by atoms with E-state index in [-0.39, 0.29) is 24.4 Å². The summed E-state index contributed by atoms with van der Waals surface area (Å²) in [5, 5.41) is 0. The minimum atomic E-state index is -0.756. The third-order valence-electron chi connectivity index (χ3n) is 4.77. The highest BCUT2D eigenvalue weighted by Gasteiger charge is 2.35. The Morgan fingerprint density at radius 1 is 0.871 bits per heavy atom. The van der Waals surface area contributed by atoms with Gasteiger partial charge in [0.25, 0.3) is 0 Å². The summed E-state index contributed by atoms with van der Waals surface area (Å²) in [4.78, 5) is 27.4. The van der Waals surface area contributed by atoms with Gasteiger partial charge in [0.15, 0.2) is 0 Å². The molecule has 0 unspecified atom stereocenters. The summed E-state index contributed by atoms with van der Waals surface area (Å²) in [6.07, 6.45) is 3.24. The minimum Gasteiger partial charge on any atom is -0.497 e. The summed E-state index contributed by atoms with van der Waals surface area (Å²) in [5.41, 5.74) is 1.78. The summed E-state index contributed by atoms with van der Waals surface area (Å²) >= 11 is 0. The van der Waals surface area contributed by atoms with Crippen molar-refractivity contribution in [2.45, 2.75) is 19.8 Å². The number of hydrogen-bond acceptors (Lipinski definition) is 6. The first-order valence-electron chi connectivity index (χ1n) is 9.94. The van der Waals surface area contributed by atoms with Crippen LogP contribution >= 0.6 is 0 Å². The Morgan fingerprint density at radius 2 is 1.39 bits per heavy atom. The van der Waals surface area contributed by atoms with Crippen LogP contribution in [-0.4, -0.2) is 32.3 Å². The first kappa shape index (κ1) is 22.1. The minimum absolute atomic E-state index is 0.174. The Morgan fingerprint density at radius 3 is 1.84 bits per heavy atom. The van der Waals surface area contributed by atoms with Gasteiger partial charge in [-0.05, 0) is 55.8 Å². The number of benzene rings is 2. The van der Waals surface area contributed by atoms with E-state index in [9.17, 15) is 14.0 Å². The van der Waals surface area contributed by atoms with Crippen LogP contribution < -0.4 is 9.64 Å². The van der Waals surface area contributed by atoms with Crippen LogP contribution in [0.3, 0.4) is 0 Å². The van der Waals surface area contributed by atoms with Crippen molar-refractivity contribution in [3.8, 4) is 5.75 Å². The van der Waals surface area contributed by atoms with Gasteiger partial charge in [0.1, 0.15) is 11.6 Å². The van der Waals surface area contributed by atoms with Gasteiger partial charge in [-0.25, -0.2) is 14.0 Å². The van der Waals surface area contributed by atoms with Gasteiger partial charge in [0.2, 0.25) is 0 Å². The number of carbonyl (C=O) groups excluding carboxylic acids is 2. The number of nitrogens with zero attached hydrogens (tertiary/aromatic N) is 1. The second-order valence-corrected chi connectivity index (χ2v) is 6.70. The molecule has 162 valence electrons. The Balaban J connectivity index is 2.14. The number of halogens is 1. The molecule has 0 atom stereocenters. The van der Waals surface area contributed by atoms with E-state index in [4.69, 9.17) is 14.2 Å². The normalized spacial score (nSPS) is 13.9. The van der Waals surface area contributed by atoms with E-state index in [1.165, 1.54) is 12.1 Å². The fraction of sp³-hybridized carbons (Fsp3) is 0.250. The summed E-state index contributed by atoms with van der Waals surface area (Å²) in [5.74, 6) is -1.62. The molecule has 0 spiro atoms. The van der Waals surface area contributed by atoms with Gasteiger partial charge in [-0.2, -0.15) is 0 Å². The highest BCUT2D eigenvalue weighted by molar-refractivity contribution is 6.00. The van der Waals surface area contributed by atoms with E-state index in [1.807, 2.05) is 0 Å². The van der Waals surface area contributed by atoms with Crippen molar-refractivity contribution in [1.29, 1.82) is 0 Å². The number of rotatable bonds is 7. The van der Waals surface area contributed by atoms with Crippen molar-refractivity contribution in [2.75, 3.05) is 25.2 Å². The van der Waals surface area contributed by atoms with Crippen LogP contribution in [0.1, 0.15) is 25.3 Å². The third-order valence-corrected chi connectivity index (χ3v) is 4.77. The van der Waals surface area contributed by atoms with Crippen molar-refractivity contribution >= 4 is 17.6 Å². The second kappa shape index (κ2) is 9.93. The maximum Gasteiger partial charge on any atom is 0.336 e. The van der Waals surface area contributed by atoms with Crippen molar-refractivity contribution in [3.63, 3.8) is 0 Å². The van der Waals surface area contributed by atoms with E-state index in [0.29, 0.717) is 17.0 Å². The average Bonchev–Trinajstić information content (AvgIpc) is 2.79. The van der Waals surface area contributed by atoms with Gasteiger partial charge in [0.05, 0.1) is 37.4 Å². The van der Waals surface area contributed by atoms with Crippen molar-refractivity contribution < 1.29 is 28.2 Å². The molecular weight excluding hydrogens is 401 g/mol.